The van der Waals surface area contributed by atoms with Crippen molar-refractivity contribution in [2.75, 3.05) is 6.61 Å². The van der Waals surface area contributed by atoms with E-state index in [9.17, 15) is 5.11 Å². The van der Waals surface area contributed by atoms with Crippen molar-refractivity contribution in [3.05, 3.63) is 24.0 Å². The van der Waals surface area contributed by atoms with E-state index in [1.165, 1.54) is 6.42 Å². The van der Waals surface area contributed by atoms with Crippen LogP contribution < -0.4 is 0 Å². The molecule has 0 aromatic rings. The summed E-state index contributed by atoms with van der Waals surface area (Å²) in [5, 5.41) is 10.5. The highest BCUT2D eigenvalue weighted by atomic mass is 16.5. The van der Waals surface area contributed by atoms with Crippen molar-refractivity contribution >= 4 is 0 Å². The summed E-state index contributed by atoms with van der Waals surface area (Å²) >= 11 is 0. The van der Waals surface area contributed by atoms with Gasteiger partial charge in [-0.3, -0.25) is 0 Å². The maximum atomic E-state index is 10.5. The van der Waals surface area contributed by atoms with Gasteiger partial charge in [-0.15, -0.1) is 0 Å². The molecule has 2 aliphatic rings. The summed E-state index contributed by atoms with van der Waals surface area (Å²) in [5.74, 6) is 0.649. The molecule has 2 atom stereocenters. The van der Waals surface area contributed by atoms with Gasteiger partial charge in [-0.05, 0) is 43.6 Å². The zero-order valence-corrected chi connectivity index (χ0v) is 9.41. The van der Waals surface area contributed by atoms with Crippen molar-refractivity contribution in [3.63, 3.8) is 0 Å². The minimum Gasteiger partial charge on any atom is -0.501 e. The summed E-state index contributed by atoms with van der Waals surface area (Å²) in [4.78, 5) is 0. The second kappa shape index (κ2) is 4.40. The molecule has 2 rings (SSSR count). The van der Waals surface area contributed by atoms with Crippen molar-refractivity contribution in [1.29, 1.82) is 0 Å². The highest BCUT2D eigenvalue weighted by Crippen LogP contribution is 2.35. The summed E-state index contributed by atoms with van der Waals surface area (Å²) in [6.07, 6.45) is 11.0. The first-order valence-corrected chi connectivity index (χ1v) is 5.97. The molecule has 15 heavy (non-hydrogen) atoms. The van der Waals surface area contributed by atoms with Gasteiger partial charge in [-0.1, -0.05) is 19.1 Å². The third-order valence-electron chi connectivity index (χ3n) is 3.55. The Bertz CT molecular complexity index is 280. The van der Waals surface area contributed by atoms with E-state index in [1.807, 2.05) is 6.08 Å². The first kappa shape index (κ1) is 10.7. The van der Waals surface area contributed by atoms with Crippen LogP contribution in [-0.2, 0) is 4.74 Å². The van der Waals surface area contributed by atoms with Gasteiger partial charge in [0.2, 0.25) is 0 Å². The zero-order chi connectivity index (χ0) is 10.7. The molecule has 0 aromatic carbocycles. The molecule has 1 aliphatic heterocycles. The van der Waals surface area contributed by atoms with E-state index in [2.05, 4.69) is 13.0 Å². The molecule has 0 radical (unpaired) electrons. The Morgan fingerprint density at radius 3 is 3.00 bits per heavy atom. The number of aliphatic hydroxyl groups is 1. The smallest absolute Gasteiger partial charge is 0.107 e. The molecule has 1 N–H and O–H groups in total. The lowest BCUT2D eigenvalue weighted by molar-refractivity contribution is 0.0867. The number of hydrogen-bond acceptors (Lipinski definition) is 2. The van der Waals surface area contributed by atoms with Gasteiger partial charge in [-0.25, -0.2) is 0 Å². The van der Waals surface area contributed by atoms with Crippen LogP contribution in [0.3, 0.4) is 0 Å². The van der Waals surface area contributed by atoms with Crippen molar-refractivity contribution in [1.82, 2.24) is 0 Å². The van der Waals surface area contributed by atoms with E-state index in [0.717, 1.165) is 37.9 Å². The second-order valence-electron chi connectivity index (χ2n) is 4.61. The Balaban J connectivity index is 2.10. The summed E-state index contributed by atoms with van der Waals surface area (Å²) in [6.45, 7) is 2.99. The SMILES string of the molecule is CCC1C=CC(O)(C2=COCCC2)CC1. The Kier molecular flexibility index (Phi) is 3.15. The lowest BCUT2D eigenvalue weighted by atomic mass is 9.78. The standard InChI is InChI=1S/C13H20O2/c1-2-11-5-7-13(14,8-6-11)12-4-3-9-15-10-12/h5,7,10-11,14H,2-4,6,8-9H2,1H3. The Labute approximate surface area is 91.6 Å². The maximum absolute atomic E-state index is 10.5. The van der Waals surface area contributed by atoms with Crippen LogP contribution in [0.2, 0.25) is 0 Å². The fraction of sp³-hybridized carbons (Fsp3) is 0.692. The number of allylic oxidation sites excluding steroid dienone is 1. The van der Waals surface area contributed by atoms with Gasteiger partial charge in [0, 0.05) is 0 Å². The number of hydrogen-bond donors (Lipinski definition) is 1. The number of ether oxygens (including phenoxy) is 1. The third-order valence-corrected chi connectivity index (χ3v) is 3.55. The molecular formula is C13H20O2. The molecule has 0 saturated carbocycles. The van der Waals surface area contributed by atoms with Crippen molar-refractivity contribution in [2.45, 2.75) is 44.6 Å². The molecular weight excluding hydrogens is 188 g/mol. The second-order valence-corrected chi connectivity index (χ2v) is 4.61. The van der Waals surface area contributed by atoms with Crippen LogP contribution in [0, 0.1) is 5.92 Å². The molecule has 0 fully saturated rings. The fourth-order valence-corrected chi connectivity index (χ4v) is 2.37. The van der Waals surface area contributed by atoms with E-state index < -0.39 is 5.60 Å². The first-order valence-electron chi connectivity index (χ1n) is 5.97. The summed E-state index contributed by atoms with van der Waals surface area (Å²) in [6, 6.07) is 0. The molecule has 0 spiro atoms. The molecule has 2 heteroatoms. The predicted molar refractivity (Wildman–Crippen MR) is 60.4 cm³/mol. The molecule has 84 valence electrons. The van der Waals surface area contributed by atoms with E-state index in [0.29, 0.717) is 5.92 Å². The maximum Gasteiger partial charge on any atom is 0.107 e. The molecule has 0 saturated heterocycles. The van der Waals surface area contributed by atoms with E-state index in [-0.39, 0.29) is 0 Å². The van der Waals surface area contributed by atoms with Gasteiger partial charge >= 0.3 is 0 Å². The fourth-order valence-electron chi connectivity index (χ4n) is 2.37. The zero-order valence-electron chi connectivity index (χ0n) is 9.41. The predicted octanol–water partition coefficient (Wildman–Crippen LogP) is 2.79. The molecule has 0 aromatic heterocycles. The first-order chi connectivity index (χ1) is 7.24. The summed E-state index contributed by atoms with van der Waals surface area (Å²) in [7, 11) is 0. The van der Waals surface area contributed by atoms with E-state index in [1.54, 1.807) is 6.26 Å². The normalized spacial score (nSPS) is 35.9. The van der Waals surface area contributed by atoms with E-state index in [4.69, 9.17) is 4.74 Å². The Hall–Kier alpha value is -0.760. The van der Waals surface area contributed by atoms with Gasteiger partial charge in [-0.2, -0.15) is 0 Å². The highest BCUT2D eigenvalue weighted by Gasteiger charge is 2.32. The summed E-state index contributed by atoms with van der Waals surface area (Å²) in [5.41, 5.74) is 0.339. The van der Waals surface area contributed by atoms with Crippen LogP contribution in [0.15, 0.2) is 24.0 Å². The van der Waals surface area contributed by atoms with Gasteiger partial charge in [0.25, 0.3) is 0 Å². The average molecular weight is 208 g/mol. The van der Waals surface area contributed by atoms with Gasteiger partial charge < -0.3 is 9.84 Å². The Morgan fingerprint density at radius 1 is 1.60 bits per heavy atom. The Morgan fingerprint density at radius 2 is 2.47 bits per heavy atom. The third kappa shape index (κ3) is 2.25. The largest absolute Gasteiger partial charge is 0.501 e. The van der Waals surface area contributed by atoms with Crippen molar-refractivity contribution in [3.8, 4) is 0 Å². The summed E-state index contributed by atoms with van der Waals surface area (Å²) < 4.78 is 5.30. The minimum absolute atomic E-state index is 0.649. The molecule has 0 bridgehead atoms. The molecule has 1 heterocycles. The van der Waals surface area contributed by atoms with E-state index >= 15 is 0 Å². The van der Waals surface area contributed by atoms with Crippen LogP contribution in [0.25, 0.3) is 0 Å². The minimum atomic E-state index is -0.716. The van der Waals surface area contributed by atoms with Crippen LogP contribution in [0.5, 0.6) is 0 Å². The molecule has 2 unspecified atom stereocenters. The van der Waals surface area contributed by atoms with Crippen molar-refractivity contribution in [2.24, 2.45) is 5.92 Å². The lowest BCUT2D eigenvalue weighted by Gasteiger charge is -2.34. The lowest BCUT2D eigenvalue weighted by Crippen LogP contribution is -2.33. The van der Waals surface area contributed by atoms with Crippen LogP contribution in [0.4, 0.5) is 0 Å². The van der Waals surface area contributed by atoms with Gasteiger partial charge in [0.05, 0.1) is 12.9 Å². The van der Waals surface area contributed by atoms with Gasteiger partial charge in [0.15, 0.2) is 0 Å². The average Bonchev–Trinajstić information content (AvgIpc) is 2.31. The van der Waals surface area contributed by atoms with Crippen LogP contribution in [-0.4, -0.2) is 17.3 Å². The van der Waals surface area contributed by atoms with Crippen molar-refractivity contribution < 1.29 is 9.84 Å². The molecule has 1 aliphatic carbocycles. The topological polar surface area (TPSA) is 29.5 Å². The van der Waals surface area contributed by atoms with Crippen LogP contribution >= 0.6 is 0 Å². The van der Waals surface area contributed by atoms with Gasteiger partial charge in [0.1, 0.15) is 5.60 Å². The quantitative estimate of drug-likeness (QED) is 0.707. The molecule has 0 amide bonds. The van der Waals surface area contributed by atoms with Crippen LogP contribution in [0.1, 0.15) is 39.0 Å². The monoisotopic (exact) mass is 208 g/mol. The number of rotatable bonds is 2. The molecule has 2 nitrogen and oxygen atoms in total. The highest BCUT2D eigenvalue weighted by molar-refractivity contribution is 5.26.